The molecule has 2 aromatic rings. The molecule has 1 aromatic heterocycles. The first-order chi connectivity index (χ1) is 7.66. The Labute approximate surface area is 90.5 Å². The number of hydrogen-bond donors (Lipinski definition) is 1. The van der Waals surface area contributed by atoms with Crippen LogP contribution in [0.1, 0.15) is 34.9 Å². The molecule has 0 aliphatic heterocycles. The third-order valence-electron chi connectivity index (χ3n) is 2.87. The molecule has 0 bridgehead atoms. The van der Waals surface area contributed by atoms with Gasteiger partial charge < -0.3 is 9.52 Å². The van der Waals surface area contributed by atoms with Crippen LogP contribution in [0, 0.1) is 5.82 Å². The molecule has 82 valence electrons. The number of rotatable bonds is 2. The van der Waals surface area contributed by atoms with Crippen LogP contribution in [0.25, 0.3) is 11.0 Å². The zero-order valence-corrected chi connectivity index (χ0v) is 8.37. The van der Waals surface area contributed by atoms with E-state index in [0.29, 0.717) is 16.5 Å². The van der Waals surface area contributed by atoms with Gasteiger partial charge in [-0.05, 0) is 37.0 Å². The first-order valence-electron chi connectivity index (χ1n) is 5.12. The Bertz CT molecular complexity index is 581. The van der Waals surface area contributed by atoms with E-state index in [4.69, 9.17) is 9.52 Å². The van der Waals surface area contributed by atoms with Crippen LogP contribution in [0.2, 0.25) is 0 Å². The highest BCUT2D eigenvalue weighted by Crippen LogP contribution is 2.46. The SMILES string of the molecule is O=C(O)c1oc2ccc(F)cc2c1C1CC1. The minimum absolute atomic E-state index is 0.0388. The third-order valence-corrected chi connectivity index (χ3v) is 2.87. The van der Waals surface area contributed by atoms with Gasteiger partial charge in [-0.3, -0.25) is 0 Å². The lowest BCUT2D eigenvalue weighted by Gasteiger charge is -1.95. The number of carboxylic acid groups (broad SMARTS) is 1. The van der Waals surface area contributed by atoms with Gasteiger partial charge in [-0.15, -0.1) is 0 Å². The van der Waals surface area contributed by atoms with E-state index in [2.05, 4.69) is 0 Å². The molecule has 4 heteroatoms. The number of benzene rings is 1. The van der Waals surface area contributed by atoms with Gasteiger partial charge in [-0.25, -0.2) is 9.18 Å². The zero-order valence-electron chi connectivity index (χ0n) is 8.37. The largest absolute Gasteiger partial charge is 0.475 e. The standard InChI is InChI=1S/C12H9FO3/c13-7-3-4-9-8(5-7)10(6-1-2-6)11(16-9)12(14)15/h3-6H,1-2H2,(H,14,15). The Balaban J connectivity index is 2.33. The molecule has 1 aliphatic rings. The molecule has 0 saturated heterocycles. The number of halogens is 1. The van der Waals surface area contributed by atoms with Gasteiger partial charge in [0, 0.05) is 10.9 Å². The van der Waals surface area contributed by atoms with Crippen LogP contribution in [-0.4, -0.2) is 11.1 Å². The van der Waals surface area contributed by atoms with Crippen LogP contribution in [0.4, 0.5) is 4.39 Å². The predicted octanol–water partition coefficient (Wildman–Crippen LogP) is 3.15. The van der Waals surface area contributed by atoms with Gasteiger partial charge in [0.2, 0.25) is 5.76 Å². The quantitative estimate of drug-likeness (QED) is 0.845. The summed E-state index contributed by atoms with van der Waals surface area (Å²) in [4.78, 5) is 11.0. The van der Waals surface area contributed by atoms with Crippen LogP contribution < -0.4 is 0 Å². The second kappa shape index (κ2) is 3.07. The van der Waals surface area contributed by atoms with Crippen molar-refractivity contribution in [3.8, 4) is 0 Å². The summed E-state index contributed by atoms with van der Waals surface area (Å²) in [5.74, 6) is -1.28. The number of carbonyl (C=O) groups is 1. The van der Waals surface area contributed by atoms with Crippen molar-refractivity contribution in [3.63, 3.8) is 0 Å². The molecule has 0 unspecified atom stereocenters. The summed E-state index contributed by atoms with van der Waals surface area (Å²) >= 11 is 0. The fourth-order valence-electron chi connectivity index (χ4n) is 2.03. The topological polar surface area (TPSA) is 50.4 Å². The first kappa shape index (κ1) is 9.39. The molecule has 3 rings (SSSR count). The van der Waals surface area contributed by atoms with Gasteiger partial charge >= 0.3 is 5.97 Å². The monoisotopic (exact) mass is 220 g/mol. The average molecular weight is 220 g/mol. The van der Waals surface area contributed by atoms with E-state index >= 15 is 0 Å². The maximum atomic E-state index is 13.1. The summed E-state index contributed by atoms with van der Waals surface area (Å²) in [6.07, 6.45) is 1.90. The Morgan fingerprint density at radius 3 is 2.81 bits per heavy atom. The predicted molar refractivity (Wildman–Crippen MR) is 55.1 cm³/mol. The molecule has 0 atom stereocenters. The Morgan fingerprint density at radius 2 is 2.19 bits per heavy atom. The summed E-state index contributed by atoms with van der Waals surface area (Å²) in [6.45, 7) is 0. The summed E-state index contributed by atoms with van der Waals surface area (Å²) in [6, 6.07) is 4.09. The molecule has 1 N–H and O–H groups in total. The molecule has 1 heterocycles. The van der Waals surface area contributed by atoms with E-state index in [1.807, 2.05) is 0 Å². The van der Waals surface area contributed by atoms with E-state index in [9.17, 15) is 9.18 Å². The number of aromatic carboxylic acids is 1. The van der Waals surface area contributed by atoms with Gasteiger partial charge in [0.05, 0.1) is 0 Å². The van der Waals surface area contributed by atoms with E-state index in [1.165, 1.54) is 18.2 Å². The van der Waals surface area contributed by atoms with E-state index < -0.39 is 5.97 Å². The molecular weight excluding hydrogens is 211 g/mol. The fraction of sp³-hybridized carbons (Fsp3) is 0.250. The smallest absolute Gasteiger partial charge is 0.372 e. The van der Waals surface area contributed by atoms with Crippen LogP contribution in [0.5, 0.6) is 0 Å². The minimum Gasteiger partial charge on any atom is -0.475 e. The van der Waals surface area contributed by atoms with Crippen LogP contribution >= 0.6 is 0 Å². The fourth-order valence-corrected chi connectivity index (χ4v) is 2.03. The van der Waals surface area contributed by atoms with E-state index in [0.717, 1.165) is 12.8 Å². The van der Waals surface area contributed by atoms with Crippen molar-refractivity contribution in [1.82, 2.24) is 0 Å². The lowest BCUT2D eigenvalue weighted by atomic mass is 10.1. The van der Waals surface area contributed by atoms with Crippen molar-refractivity contribution in [3.05, 3.63) is 35.3 Å². The van der Waals surface area contributed by atoms with Crippen molar-refractivity contribution in [1.29, 1.82) is 0 Å². The van der Waals surface area contributed by atoms with Crippen LogP contribution in [0.15, 0.2) is 22.6 Å². The second-order valence-corrected chi connectivity index (χ2v) is 4.06. The maximum Gasteiger partial charge on any atom is 0.372 e. The van der Waals surface area contributed by atoms with Crippen molar-refractivity contribution in [2.45, 2.75) is 18.8 Å². The molecule has 0 radical (unpaired) electrons. The minimum atomic E-state index is -1.08. The lowest BCUT2D eigenvalue weighted by molar-refractivity contribution is 0.0663. The summed E-state index contributed by atoms with van der Waals surface area (Å²) in [5.41, 5.74) is 1.10. The Kier molecular flexibility index (Phi) is 1.80. The highest BCUT2D eigenvalue weighted by Gasteiger charge is 2.33. The maximum absolute atomic E-state index is 13.1. The Hall–Kier alpha value is -1.84. The summed E-state index contributed by atoms with van der Waals surface area (Å²) in [5, 5.41) is 9.62. The summed E-state index contributed by atoms with van der Waals surface area (Å²) in [7, 11) is 0. The average Bonchev–Trinajstić information content (AvgIpc) is 2.99. The van der Waals surface area contributed by atoms with Gasteiger partial charge in [0.25, 0.3) is 0 Å². The molecular formula is C12H9FO3. The molecule has 1 fully saturated rings. The Morgan fingerprint density at radius 1 is 1.44 bits per heavy atom. The highest BCUT2D eigenvalue weighted by atomic mass is 19.1. The second-order valence-electron chi connectivity index (χ2n) is 4.06. The van der Waals surface area contributed by atoms with E-state index in [1.54, 1.807) is 0 Å². The lowest BCUT2D eigenvalue weighted by Crippen LogP contribution is -1.97. The van der Waals surface area contributed by atoms with Crippen molar-refractivity contribution >= 4 is 16.9 Å². The molecule has 1 aliphatic carbocycles. The first-order valence-corrected chi connectivity index (χ1v) is 5.12. The number of furan rings is 1. The molecule has 0 amide bonds. The van der Waals surface area contributed by atoms with Gasteiger partial charge in [0.1, 0.15) is 11.4 Å². The van der Waals surface area contributed by atoms with Gasteiger partial charge in [0.15, 0.2) is 0 Å². The third kappa shape index (κ3) is 1.30. The van der Waals surface area contributed by atoms with Crippen molar-refractivity contribution < 1.29 is 18.7 Å². The van der Waals surface area contributed by atoms with Crippen LogP contribution in [0.3, 0.4) is 0 Å². The number of hydrogen-bond acceptors (Lipinski definition) is 2. The van der Waals surface area contributed by atoms with Crippen LogP contribution in [-0.2, 0) is 0 Å². The molecule has 0 spiro atoms. The van der Waals surface area contributed by atoms with Crippen molar-refractivity contribution in [2.75, 3.05) is 0 Å². The molecule has 3 nitrogen and oxygen atoms in total. The molecule has 16 heavy (non-hydrogen) atoms. The number of carboxylic acids is 1. The van der Waals surface area contributed by atoms with Crippen molar-refractivity contribution in [2.24, 2.45) is 0 Å². The number of fused-ring (bicyclic) bond motifs is 1. The van der Waals surface area contributed by atoms with Gasteiger partial charge in [-0.1, -0.05) is 0 Å². The molecule has 1 aromatic carbocycles. The highest BCUT2D eigenvalue weighted by molar-refractivity contribution is 5.95. The van der Waals surface area contributed by atoms with E-state index in [-0.39, 0.29) is 17.5 Å². The normalized spacial score (nSPS) is 15.6. The molecule has 1 saturated carbocycles. The zero-order chi connectivity index (χ0) is 11.3. The summed E-state index contributed by atoms with van der Waals surface area (Å²) < 4.78 is 18.4. The van der Waals surface area contributed by atoms with Gasteiger partial charge in [-0.2, -0.15) is 0 Å².